The number of urea groups is 1. The lowest BCUT2D eigenvalue weighted by Gasteiger charge is -2.11. The minimum atomic E-state index is -1.15. The maximum Gasteiger partial charge on any atom is 0.338 e. The van der Waals surface area contributed by atoms with Gasteiger partial charge in [0.05, 0.1) is 12.7 Å². The summed E-state index contributed by atoms with van der Waals surface area (Å²) in [4.78, 5) is 22.1. The number of ketones is 1. The van der Waals surface area contributed by atoms with E-state index in [2.05, 4.69) is 0 Å². The van der Waals surface area contributed by atoms with Gasteiger partial charge in [0.1, 0.15) is 18.0 Å². The number of rotatable bonds is 4. The van der Waals surface area contributed by atoms with Crippen LogP contribution >= 0.6 is 0 Å². The van der Waals surface area contributed by atoms with Crippen molar-refractivity contribution in [1.82, 2.24) is 5.06 Å². The van der Waals surface area contributed by atoms with Crippen LogP contribution < -0.4 is 10.5 Å². The first-order valence-electron chi connectivity index (χ1n) is 4.61. The number of methoxy groups -OCH3 is 1. The Balaban J connectivity index is 2.86. The molecule has 0 unspecified atom stereocenters. The maximum atomic E-state index is 11.6. The first kappa shape index (κ1) is 12.8. The first-order valence-corrected chi connectivity index (χ1v) is 4.61. The molecule has 0 saturated heterocycles. The van der Waals surface area contributed by atoms with Crippen LogP contribution in [0.5, 0.6) is 11.5 Å². The van der Waals surface area contributed by atoms with Crippen molar-refractivity contribution in [3.05, 3.63) is 23.8 Å². The molecule has 17 heavy (non-hydrogen) atoms. The normalized spacial score (nSPS) is 9.76. The summed E-state index contributed by atoms with van der Waals surface area (Å²) in [5, 5.41) is 18.6. The van der Waals surface area contributed by atoms with Crippen LogP contribution in [0.15, 0.2) is 18.2 Å². The molecule has 0 radical (unpaired) electrons. The van der Waals surface area contributed by atoms with Crippen LogP contribution in [0.1, 0.15) is 10.4 Å². The number of benzene rings is 1. The highest BCUT2D eigenvalue weighted by molar-refractivity contribution is 6.01. The maximum absolute atomic E-state index is 11.6. The Kier molecular flexibility index (Phi) is 3.89. The van der Waals surface area contributed by atoms with Crippen molar-refractivity contribution >= 4 is 11.8 Å². The molecule has 0 spiro atoms. The smallest absolute Gasteiger partial charge is 0.338 e. The van der Waals surface area contributed by atoms with Crippen LogP contribution in [0.4, 0.5) is 4.79 Å². The summed E-state index contributed by atoms with van der Waals surface area (Å²) in [7, 11) is 1.42. The lowest BCUT2D eigenvalue weighted by Crippen LogP contribution is -2.36. The summed E-state index contributed by atoms with van der Waals surface area (Å²) in [6, 6.07) is 2.90. The van der Waals surface area contributed by atoms with E-state index < -0.39 is 18.4 Å². The highest BCUT2D eigenvalue weighted by Crippen LogP contribution is 2.23. The van der Waals surface area contributed by atoms with E-state index in [1.807, 2.05) is 0 Å². The summed E-state index contributed by atoms with van der Waals surface area (Å²) >= 11 is 0. The second-order valence-corrected chi connectivity index (χ2v) is 3.20. The number of phenols is 1. The fourth-order valence-corrected chi connectivity index (χ4v) is 1.17. The fourth-order valence-electron chi connectivity index (χ4n) is 1.17. The highest BCUT2D eigenvalue weighted by Gasteiger charge is 2.17. The Bertz CT molecular complexity index is 446. The van der Waals surface area contributed by atoms with Crippen LogP contribution in [0, 0.1) is 0 Å². The van der Waals surface area contributed by atoms with Crippen LogP contribution in [-0.2, 0) is 0 Å². The molecular formula is C10H12N2O5. The third-order valence-corrected chi connectivity index (χ3v) is 2.05. The largest absolute Gasteiger partial charge is 0.507 e. The number of Topliss-reactive ketones (excluding diaryl/α,β-unsaturated/α-hetero) is 1. The molecule has 0 heterocycles. The van der Waals surface area contributed by atoms with Crippen molar-refractivity contribution in [3.8, 4) is 11.5 Å². The number of carbonyl (C=O) groups is 2. The van der Waals surface area contributed by atoms with Crippen LogP contribution in [0.2, 0.25) is 0 Å². The predicted molar refractivity (Wildman–Crippen MR) is 57.1 cm³/mol. The Morgan fingerprint density at radius 2 is 2.12 bits per heavy atom. The van der Waals surface area contributed by atoms with Gasteiger partial charge in [-0.15, -0.1) is 0 Å². The number of ether oxygens (including phenoxy) is 1. The SMILES string of the molecule is COc1ccc(C(=O)CN(O)C(N)=O)c(O)c1. The van der Waals surface area contributed by atoms with Gasteiger partial charge in [0, 0.05) is 6.07 Å². The van der Waals surface area contributed by atoms with Crippen molar-refractivity contribution in [3.63, 3.8) is 0 Å². The van der Waals surface area contributed by atoms with Gasteiger partial charge in [-0.1, -0.05) is 0 Å². The Hall–Kier alpha value is -2.28. The van der Waals surface area contributed by atoms with Gasteiger partial charge in [-0.2, -0.15) is 5.06 Å². The Morgan fingerprint density at radius 3 is 2.59 bits per heavy atom. The van der Waals surface area contributed by atoms with E-state index in [-0.39, 0.29) is 16.4 Å². The molecule has 1 aromatic rings. The van der Waals surface area contributed by atoms with E-state index >= 15 is 0 Å². The lowest BCUT2D eigenvalue weighted by atomic mass is 10.1. The molecule has 0 aliphatic rings. The van der Waals surface area contributed by atoms with Gasteiger partial charge in [0.15, 0.2) is 5.78 Å². The number of hydroxylamine groups is 2. The number of hydrogen-bond donors (Lipinski definition) is 3. The second-order valence-electron chi connectivity index (χ2n) is 3.20. The number of primary amides is 1. The zero-order chi connectivity index (χ0) is 13.0. The average Bonchev–Trinajstić information content (AvgIpc) is 2.28. The summed E-state index contributed by atoms with van der Waals surface area (Å²) in [6.45, 7) is -0.630. The third-order valence-electron chi connectivity index (χ3n) is 2.05. The van der Waals surface area contributed by atoms with E-state index in [1.54, 1.807) is 0 Å². The minimum Gasteiger partial charge on any atom is -0.507 e. The first-order chi connectivity index (χ1) is 7.95. The molecule has 2 amide bonds. The number of amides is 2. The number of carbonyl (C=O) groups excluding carboxylic acids is 2. The number of phenolic OH excluding ortho intramolecular Hbond substituents is 1. The zero-order valence-corrected chi connectivity index (χ0v) is 9.08. The molecule has 1 aromatic carbocycles. The Labute approximate surface area is 97.0 Å². The topological polar surface area (TPSA) is 113 Å². The van der Waals surface area contributed by atoms with Gasteiger partial charge in [0.25, 0.3) is 0 Å². The molecule has 0 aliphatic carbocycles. The summed E-state index contributed by atoms with van der Waals surface area (Å²) in [5.74, 6) is -0.562. The van der Waals surface area contributed by atoms with Gasteiger partial charge in [-0.3, -0.25) is 10.0 Å². The molecule has 0 aromatic heterocycles. The molecule has 7 nitrogen and oxygen atoms in total. The number of nitrogens with two attached hydrogens (primary N) is 1. The predicted octanol–water partition coefficient (Wildman–Crippen LogP) is 0.353. The van der Waals surface area contributed by atoms with Crippen molar-refractivity contribution in [2.45, 2.75) is 0 Å². The molecule has 92 valence electrons. The zero-order valence-electron chi connectivity index (χ0n) is 9.08. The molecular weight excluding hydrogens is 228 g/mol. The van der Waals surface area contributed by atoms with E-state index in [9.17, 15) is 14.7 Å². The van der Waals surface area contributed by atoms with E-state index in [4.69, 9.17) is 15.7 Å². The number of aromatic hydroxyl groups is 1. The molecule has 4 N–H and O–H groups in total. The standard InChI is InChI=1S/C10H12N2O5/c1-17-6-2-3-7(8(13)4-6)9(14)5-12(16)10(11)15/h2-4,13,16H,5H2,1H3,(H2,11,15). The second kappa shape index (κ2) is 5.17. The lowest BCUT2D eigenvalue weighted by molar-refractivity contribution is -0.0326. The molecule has 0 fully saturated rings. The third kappa shape index (κ3) is 3.08. The summed E-state index contributed by atoms with van der Waals surface area (Å²) in [6.07, 6.45) is 0. The molecule has 7 heteroatoms. The van der Waals surface area contributed by atoms with Gasteiger partial charge in [-0.25, -0.2) is 4.79 Å². The Morgan fingerprint density at radius 1 is 1.47 bits per heavy atom. The highest BCUT2D eigenvalue weighted by atomic mass is 16.5. The monoisotopic (exact) mass is 240 g/mol. The van der Waals surface area contributed by atoms with Crippen molar-refractivity contribution in [1.29, 1.82) is 0 Å². The van der Waals surface area contributed by atoms with E-state index in [0.717, 1.165) is 0 Å². The summed E-state index contributed by atoms with van der Waals surface area (Å²) in [5.41, 5.74) is 4.71. The quantitative estimate of drug-likeness (QED) is 0.399. The average molecular weight is 240 g/mol. The molecule has 0 atom stereocenters. The van der Waals surface area contributed by atoms with Crippen LogP contribution in [0.3, 0.4) is 0 Å². The number of nitrogens with zero attached hydrogens (tertiary/aromatic N) is 1. The number of hydrogen-bond acceptors (Lipinski definition) is 5. The van der Waals surface area contributed by atoms with Crippen molar-refractivity contribution in [2.24, 2.45) is 5.73 Å². The van der Waals surface area contributed by atoms with Crippen molar-refractivity contribution < 1.29 is 24.6 Å². The van der Waals surface area contributed by atoms with E-state index in [1.165, 1.54) is 25.3 Å². The molecule has 0 bridgehead atoms. The van der Waals surface area contributed by atoms with Gasteiger partial charge in [-0.05, 0) is 12.1 Å². The van der Waals surface area contributed by atoms with Crippen molar-refractivity contribution in [2.75, 3.05) is 13.7 Å². The van der Waals surface area contributed by atoms with Gasteiger partial charge < -0.3 is 15.6 Å². The summed E-state index contributed by atoms with van der Waals surface area (Å²) < 4.78 is 4.84. The molecule has 0 saturated carbocycles. The fraction of sp³-hybridized carbons (Fsp3) is 0.200. The van der Waals surface area contributed by atoms with E-state index in [0.29, 0.717) is 5.75 Å². The van der Waals surface area contributed by atoms with Gasteiger partial charge >= 0.3 is 6.03 Å². The van der Waals surface area contributed by atoms with Crippen LogP contribution in [-0.4, -0.2) is 40.8 Å². The molecule has 1 rings (SSSR count). The van der Waals surface area contributed by atoms with Gasteiger partial charge in [0.2, 0.25) is 0 Å². The van der Waals surface area contributed by atoms with Crippen LogP contribution in [0.25, 0.3) is 0 Å². The minimum absolute atomic E-state index is 0.0360. The molecule has 0 aliphatic heterocycles.